The van der Waals surface area contributed by atoms with E-state index in [1.165, 1.54) is 22.3 Å². The zero-order valence-electron chi connectivity index (χ0n) is 15.3. The van der Waals surface area contributed by atoms with Gasteiger partial charge in [-0.25, -0.2) is 4.99 Å². The van der Waals surface area contributed by atoms with Crippen LogP contribution in [0.5, 0.6) is 0 Å². The number of para-hydroxylation sites is 1. The molecule has 1 heterocycles. The van der Waals surface area contributed by atoms with Gasteiger partial charge in [0.2, 0.25) is 0 Å². The lowest BCUT2D eigenvalue weighted by atomic mass is 9.90. The number of benzene rings is 4. The minimum absolute atomic E-state index is 0.604. The van der Waals surface area contributed by atoms with Crippen molar-refractivity contribution in [1.29, 1.82) is 0 Å². The number of fused-ring (bicyclic) bond motifs is 6. The predicted octanol–water partition coefficient (Wildman–Crippen LogP) is 5.83. The molecule has 132 valence electrons. The van der Waals surface area contributed by atoms with Gasteiger partial charge in [-0.3, -0.25) is 0 Å². The molecule has 1 aliphatic carbocycles. The third-order valence-corrected chi connectivity index (χ3v) is 5.75. The van der Waals surface area contributed by atoms with Gasteiger partial charge in [-0.2, -0.15) is 0 Å². The molecular formula is C26H18N2. The van der Waals surface area contributed by atoms with Crippen LogP contribution in [-0.2, 0) is 5.66 Å². The number of aliphatic imine (C=N–C) groups is 1. The highest BCUT2D eigenvalue weighted by molar-refractivity contribution is 6.17. The van der Waals surface area contributed by atoms with Crippen molar-refractivity contribution in [2.75, 3.05) is 5.32 Å². The lowest BCUT2D eigenvalue weighted by Crippen LogP contribution is -2.38. The normalized spacial score (nSPS) is 15.2. The fourth-order valence-corrected chi connectivity index (χ4v) is 4.53. The SMILES string of the molecule is c1ccc(C2=NC3(Nc4ccccc42)c2ccccc2-c2ccccc23)cc1. The van der Waals surface area contributed by atoms with Gasteiger partial charge >= 0.3 is 0 Å². The molecule has 1 aliphatic heterocycles. The van der Waals surface area contributed by atoms with Gasteiger partial charge in [-0.1, -0.05) is 97.1 Å². The van der Waals surface area contributed by atoms with E-state index in [0.29, 0.717) is 0 Å². The molecule has 0 aromatic heterocycles. The summed E-state index contributed by atoms with van der Waals surface area (Å²) in [6.07, 6.45) is 0. The van der Waals surface area contributed by atoms with Crippen molar-refractivity contribution in [1.82, 2.24) is 0 Å². The summed E-state index contributed by atoms with van der Waals surface area (Å²) >= 11 is 0. The smallest absolute Gasteiger partial charge is 0.183 e. The zero-order chi connectivity index (χ0) is 18.6. The van der Waals surface area contributed by atoms with E-state index in [0.717, 1.165) is 22.5 Å². The highest BCUT2D eigenvalue weighted by atomic mass is 15.2. The molecule has 0 bridgehead atoms. The van der Waals surface area contributed by atoms with Crippen LogP contribution in [0, 0.1) is 0 Å². The Hall–Kier alpha value is -3.65. The van der Waals surface area contributed by atoms with Gasteiger partial charge < -0.3 is 5.32 Å². The van der Waals surface area contributed by atoms with Crippen molar-refractivity contribution < 1.29 is 0 Å². The van der Waals surface area contributed by atoms with Crippen LogP contribution in [0.2, 0.25) is 0 Å². The van der Waals surface area contributed by atoms with E-state index in [2.05, 4.69) is 102 Å². The molecule has 4 aromatic rings. The molecule has 2 nitrogen and oxygen atoms in total. The molecule has 6 rings (SSSR count). The Labute approximate surface area is 164 Å². The van der Waals surface area contributed by atoms with E-state index in [-0.39, 0.29) is 0 Å². The molecular weight excluding hydrogens is 340 g/mol. The first-order valence-corrected chi connectivity index (χ1v) is 9.59. The van der Waals surface area contributed by atoms with Gasteiger partial charge in [0.15, 0.2) is 5.66 Å². The number of anilines is 1. The first-order valence-electron chi connectivity index (χ1n) is 9.59. The standard InChI is InChI=1S/C26H18N2/c1-2-10-18(11-3-1)25-21-14-6-9-17-24(21)27-26(28-25)22-15-7-4-12-19(22)20-13-5-8-16-23(20)26/h1-17,27H. The number of nitrogens with zero attached hydrogens (tertiary/aromatic N) is 1. The van der Waals surface area contributed by atoms with Crippen LogP contribution in [0.4, 0.5) is 5.69 Å². The van der Waals surface area contributed by atoms with Crippen LogP contribution in [0.1, 0.15) is 22.3 Å². The molecule has 0 unspecified atom stereocenters. The van der Waals surface area contributed by atoms with Crippen molar-refractivity contribution in [2.45, 2.75) is 5.66 Å². The summed E-state index contributed by atoms with van der Waals surface area (Å²) in [5, 5.41) is 3.80. The summed E-state index contributed by atoms with van der Waals surface area (Å²) in [5.74, 6) is 0. The summed E-state index contributed by atoms with van der Waals surface area (Å²) in [5.41, 5.74) is 8.73. The first kappa shape index (κ1) is 15.4. The maximum atomic E-state index is 5.41. The molecule has 0 fully saturated rings. The van der Waals surface area contributed by atoms with Crippen molar-refractivity contribution in [2.24, 2.45) is 4.99 Å². The van der Waals surface area contributed by atoms with Crippen molar-refractivity contribution in [3.8, 4) is 11.1 Å². The molecule has 0 saturated heterocycles. The Kier molecular flexibility index (Phi) is 3.12. The number of hydrogen-bond acceptors (Lipinski definition) is 2. The van der Waals surface area contributed by atoms with Crippen LogP contribution in [0.3, 0.4) is 0 Å². The Morgan fingerprint density at radius 3 is 1.75 bits per heavy atom. The molecule has 1 spiro atoms. The molecule has 0 amide bonds. The second kappa shape index (κ2) is 5.67. The van der Waals surface area contributed by atoms with E-state index in [1.807, 2.05) is 6.07 Å². The number of hydrogen-bond donors (Lipinski definition) is 1. The molecule has 2 heteroatoms. The Balaban J connectivity index is 1.71. The van der Waals surface area contributed by atoms with Crippen LogP contribution < -0.4 is 5.32 Å². The van der Waals surface area contributed by atoms with Gasteiger partial charge in [-0.15, -0.1) is 0 Å². The molecule has 2 aliphatic rings. The fourth-order valence-electron chi connectivity index (χ4n) is 4.53. The van der Waals surface area contributed by atoms with Crippen molar-refractivity contribution >= 4 is 11.4 Å². The second-order valence-corrected chi connectivity index (χ2v) is 7.30. The summed E-state index contributed by atoms with van der Waals surface area (Å²) < 4.78 is 0. The lowest BCUT2D eigenvalue weighted by Gasteiger charge is -2.36. The van der Waals surface area contributed by atoms with E-state index in [9.17, 15) is 0 Å². The Morgan fingerprint density at radius 2 is 1.07 bits per heavy atom. The predicted molar refractivity (Wildman–Crippen MR) is 115 cm³/mol. The first-order chi connectivity index (χ1) is 13.9. The monoisotopic (exact) mass is 358 g/mol. The zero-order valence-corrected chi connectivity index (χ0v) is 15.3. The molecule has 0 radical (unpaired) electrons. The molecule has 0 atom stereocenters. The lowest BCUT2D eigenvalue weighted by molar-refractivity contribution is 0.638. The summed E-state index contributed by atoms with van der Waals surface area (Å²) in [7, 11) is 0. The maximum absolute atomic E-state index is 5.41. The van der Waals surface area contributed by atoms with Crippen LogP contribution in [0.15, 0.2) is 108 Å². The second-order valence-electron chi connectivity index (χ2n) is 7.30. The summed E-state index contributed by atoms with van der Waals surface area (Å²) in [6.45, 7) is 0. The van der Waals surface area contributed by atoms with E-state index in [1.54, 1.807) is 0 Å². The van der Waals surface area contributed by atoms with E-state index in [4.69, 9.17) is 4.99 Å². The minimum Gasteiger partial charge on any atom is -0.353 e. The van der Waals surface area contributed by atoms with Crippen molar-refractivity contribution in [3.63, 3.8) is 0 Å². The van der Waals surface area contributed by atoms with Gasteiger partial charge in [0.25, 0.3) is 0 Å². The third-order valence-electron chi connectivity index (χ3n) is 5.75. The highest BCUT2D eigenvalue weighted by Gasteiger charge is 2.45. The largest absolute Gasteiger partial charge is 0.353 e. The van der Waals surface area contributed by atoms with Crippen LogP contribution in [-0.4, -0.2) is 5.71 Å². The Bertz CT molecular complexity index is 1190. The van der Waals surface area contributed by atoms with Crippen LogP contribution >= 0.6 is 0 Å². The molecule has 4 aromatic carbocycles. The molecule has 0 saturated carbocycles. The third kappa shape index (κ3) is 2.00. The van der Waals surface area contributed by atoms with Gasteiger partial charge in [-0.05, 0) is 17.2 Å². The molecule has 1 N–H and O–H groups in total. The fraction of sp³-hybridized carbons (Fsp3) is 0.0385. The Morgan fingerprint density at radius 1 is 0.536 bits per heavy atom. The van der Waals surface area contributed by atoms with E-state index < -0.39 is 5.66 Å². The average molecular weight is 358 g/mol. The average Bonchev–Trinajstić information content (AvgIpc) is 3.04. The molecule has 28 heavy (non-hydrogen) atoms. The minimum atomic E-state index is -0.604. The summed E-state index contributed by atoms with van der Waals surface area (Å²) in [6, 6.07) is 36.1. The topological polar surface area (TPSA) is 24.4 Å². The van der Waals surface area contributed by atoms with Crippen LogP contribution in [0.25, 0.3) is 11.1 Å². The van der Waals surface area contributed by atoms with Gasteiger partial charge in [0.05, 0.1) is 5.71 Å². The van der Waals surface area contributed by atoms with Crippen molar-refractivity contribution in [3.05, 3.63) is 125 Å². The quantitative estimate of drug-likeness (QED) is 0.455. The number of rotatable bonds is 1. The maximum Gasteiger partial charge on any atom is 0.183 e. The van der Waals surface area contributed by atoms with E-state index >= 15 is 0 Å². The highest BCUT2D eigenvalue weighted by Crippen LogP contribution is 2.52. The van der Waals surface area contributed by atoms with Gasteiger partial charge in [0, 0.05) is 27.9 Å². The van der Waals surface area contributed by atoms with Gasteiger partial charge in [0.1, 0.15) is 0 Å². The summed E-state index contributed by atoms with van der Waals surface area (Å²) in [4.78, 5) is 5.41. The number of nitrogens with one attached hydrogen (secondary N) is 1.